The molecular formula is C15H19NO2. The fraction of sp³-hybridized carbons (Fsp3) is 0.400. The third-order valence-electron chi connectivity index (χ3n) is 3.24. The Hall–Kier alpha value is -1.61. The molecular weight excluding hydrogens is 226 g/mol. The van der Waals surface area contributed by atoms with Crippen LogP contribution >= 0.6 is 0 Å². The third-order valence-corrected chi connectivity index (χ3v) is 3.24. The number of carboxylic acid groups (broad SMARTS) is 1. The van der Waals surface area contributed by atoms with E-state index >= 15 is 0 Å². The van der Waals surface area contributed by atoms with Crippen LogP contribution in [0.3, 0.4) is 0 Å². The van der Waals surface area contributed by atoms with Gasteiger partial charge in [0.05, 0.1) is 5.56 Å². The molecule has 96 valence electrons. The van der Waals surface area contributed by atoms with E-state index in [0.29, 0.717) is 5.56 Å². The SMILES string of the molecule is O=C(O)c1cccc(CNCC2=CCCCC2)c1. The predicted molar refractivity (Wildman–Crippen MR) is 71.7 cm³/mol. The number of carboxylic acids is 1. The van der Waals surface area contributed by atoms with Crippen LogP contribution in [0.25, 0.3) is 0 Å². The molecule has 0 heterocycles. The van der Waals surface area contributed by atoms with Gasteiger partial charge in [-0.15, -0.1) is 0 Å². The maximum atomic E-state index is 10.8. The van der Waals surface area contributed by atoms with Crippen LogP contribution in [-0.4, -0.2) is 17.6 Å². The smallest absolute Gasteiger partial charge is 0.335 e. The number of hydrogen-bond acceptors (Lipinski definition) is 2. The number of allylic oxidation sites excluding steroid dienone is 1. The van der Waals surface area contributed by atoms with Crippen LogP contribution in [0.1, 0.15) is 41.6 Å². The molecule has 0 fully saturated rings. The molecule has 0 unspecified atom stereocenters. The standard InChI is InChI=1S/C15H19NO2/c17-15(18)14-8-4-7-13(9-14)11-16-10-12-5-2-1-3-6-12/h4-5,7-9,16H,1-3,6,10-11H2,(H,17,18). The summed E-state index contributed by atoms with van der Waals surface area (Å²) in [5.74, 6) is -0.869. The molecule has 0 atom stereocenters. The van der Waals surface area contributed by atoms with Crippen molar-refractivity contribution in [2.45, 2.75) is 32.2 Å². The molecule has 1 aromatic rings. The number of aromatic carboxylic acids is 1. The summed E-state index contributed by atoms with van der Waals surface area (Å²) in [4.78, 5) is 10.8. The molecule has 0 aliphatic heterocycles. The van der Waals surface area contributed by atoms with Gasteiger partial charge in [-0.3, -0.25) is 0 Å². The Morgan fingerprint density at radius 2 is 2.17 bits per heavy atom. The summed E-state index contributed by atoms with van der Waals surface area (Å²) in [6, 6.07) is 7.09. The maximum absolute atomic E-state index is 10.8. The van der Waals surface area contributed by atoms with Gasteiger partial charge in [0.15, 0.2) is 0 Å². The normalized spacial score (nSPS) is 15.2. The first-order valence-corrected chi connectivity index (χ1v) is 6.46. The Morgan fingerprint density at radius 1 is 1.28 bits per heavy atom. The monoisotopic (exact) mass is 245 g/mol. The third kappa shape index (κ3) is 3.70. The van der Waals surface area contributed by atoms with Crippen molar-refractivity contribution in [1.29, 1.82) is 0 Å². The van der Waals surface area contributed by atoms with Crippen molar-refractivity contribution in [2.75, 3.05) is 6.54 Å². The number of hydrogen-bond donors (Lipinski definition) is 2. The fourth-order valence-electron chi connectivity index (χ4n) is 2.25. The minimum atomic E-state index is -0.869. The molecule has 0 radical (unpaired) electrons. The number of rotatable bonds is 5. The van der Waals surface area contributed by atoms with Crippen LogP contribution in [0.5, 0.6) is 0 Å². The van der Waals surface area contributed by atoms with E-state index < -0.39 is 5.97 Å². The Labute approximate surface area is 108 Å². The molecule has 18 heavy (non-hydrogen) atoms. The molecule has 0 spiro atoms. The van der Waals surface area contributed by atoms with E-state index in [1.54, 1.807) is 18.2 Å². The molecule has 1 aliphatic carbocycles. The largest absolute Gasteiger partial charge is 0.478 e. The van der Waals surface area contributed by atoms with Gasteiger partial charge < -0.3 is 10.4 Å². The minimum Gasteiger partial charge on any atom is -0.478 e. The van der Waals surface area contributed by atoms with E-state index in [0.717, 1.165) is 18.7 Å². The Balaban J connectivity index is 1.84. The van der Waals surface area contributed by atoms with E-state index in [1.165, 1.54) is 31.3 Å². The highest BCUT2D eigenvalue weighted by atomic mass is 16.4. The lowest BCUT2D eigenvalue weighted by Crippen LogP contribution is -2.17. The van der Waals surface area contributed by atoms with E-state index in [1.807, 2.05) is 6.07 Å². The predicted octanol–water partition coefficient (Wildman–Crippen LogP) is 2.97. The fourth-order valence-corrected chi connectivity index (χ4v) is 2.25. The first kappa shape index (κ1) is 12.8. The van der Waals surface area contributed by atoms with Gasteiger partial charge in [-0.1, -0.05) is 23.8 Å². The first-order valence-electron chi connectivity index (χ1n) is 6.46. The van der Waals surface area contributed by atoms with Crippen LogP contribution in [-0.2, 0) is 6.54 Å². The maximum Gasteiger partial charge on any atom is 0.335 e. The van der Waals surface area contributed by atoms with Gasteiger partial charge in [0.1, 0.15) is 0 Å². The lowest BCUT2D eigenvalue weighted by Gasteiger charge is -2.13. The highest BCUT2D eigenvalue weighted by molar-refractivity contribution is 5.87. The molecule has 1 aliphatic rings. The Morgan fingerprint density at radius 3 is 2.89 bits per heavy atom. The lowest BCUT2D eigenvalue weighted by molar-refractivity contribution is 0.0696. The zero-order valence-corrected chi connectivity index (χ0v) is 10.5. The highest BCUT2D eigenvalue weighted by Crippen LogP contribution is 2.16. The molecule has 3 heteroatoms. The molecule has 0 saturated heterocycles. The van der Waals surface area contributed by atoms with Gasteiger partial charge in [-0.2, -0.15) is 0 Å². The highest BCUT2D eigenvalue weighted by Gasteiger charge is 2.05. The number of benzene rings is 1. The van der Waals surface area contributed by atoms with Crippen molar-refractivity contribution < 1.29 is 9.90 Å². The zero-order valence-electron chi connectivity index (χ0n) is 10.5. The second-order valence-electron chi connectivity index (χ2n) is 4.72. The molecule has 3 nitrogen and oxygen atoms in total. The topological polar surface area (TPSA) is 49.3 Å². The zero-order chi connectivity index (χ0) is 12.8. The van der Waals surface area contributed by atoms with Crippen molar-refractivity contribution >= 4 is 5.97 Å². The molecule has 1 aromatic carbocycles. The lowest BCUT2D eigenvalue weighted by atomic mass is 9.99. The molecule has 0 bridgehead atoms. The van der Waals surface area contributed by atoms with Crippen LogP contribution in [0, 0.1) is 0 Å². The molecule has 0 amide bonds. The summed E-state index contributed by atoms with van der Waals surface area (Å²) in [7, 11) is 0. The summed E-state index contributed by atoms with van der Waals surface area (Å²) < 4.78 is 0. The average Bonchev–Trinajstić information content (AvgIpc) is 2.40. The van der Waals surface area contributed by atoms with Gasteiger partial charge in [-0.25, -0.2) is 4.79 Å². The van der Waals surface area contributed by atoms with Gasteiger partial charge in [0, 0.05) is 13.1 Å². The summed E-state index contributed by atoms with van der Waals surface area (Å²) in [5.41, 5.74) is 2.85. The van der Waals surface area contributed by atoms with Gasteiger partial charge in [0.2, 0.25) is 0 Å². The minimum absolute atomic E-state index is 0.353. The first-order chi connectivity index (χ1) is 8.75. The Kier molecular flexibility index (Phi) is 4.53. The molecule has 0 aromatic heterocycles. The second-order valence-corrected chi connectivity index (χ2v) is 4.72. The van der Waals surface area contributed by atoms with Gasteiger partial charge >= 0.3 is 5.97 Å². The average molecular weight is 245 g/mol. The van der Waals surface area contributed by atoms with E-state index in [2.05, 4.69) is 11.4 Å². The number of carbonyl (C=O) groups is 1. The summed E-state index contributed by atoms with van der Waals surface area (Å²) >= 11 is 0. The van der Waals surface area contributed by atoms with Crippen molar-refractivity contribution in [1.82, 2.24) is 5.32 Å². The van der Waals surface area contributed by atoms with E-state index in [9.17, 15) is 4.79 Å². The summed E-state index contributed by atoms with van der Waals surface area (Å²) in [5, 5.41) is 12.3. The Bertz CT molecular complexity index is 452. The quantitative estimate of drug-likeness (QED) is 0.784. The summed E-state index contributed by atoms with van der Waals surface area (Å²) in [6.45, 7) is 1.63. The van der Waals surface area contributed by atoms with Crippen LogP contribution < -0.4 is 5.32 Å². The van der Waals surface area contributed by atoms with Gasteiger partial charge in [-0.05, 0) is 43.4 Å². The van der Waals surface area contributed by atoms with Crippen molar-refractivity contribution in [3.8, 4) is 0 Å². The van der Waals surface area contributed by atoms with Gasteiger partial charge in [0.25, 0.3) is 0 Å². The molecule has 0 saturated carbocycles. The van der Waals surface area contributed by atoms with Crippen molar-refractivity contribution in [3.63, 3.8) is 0 Å². The van der Waals surface area contributed by atoms with Crippen LogP contribution in [0.4, 0.5) is 0 Å². The number of nitrogens with one attached hydrogen (secondary N) is 1. The van der Waals surface area contributed by atoms with Crippen molar-refractivity contribution in [3.05, 3.63) is 47.0 Å². The van der Waals surface area contributed by atoms with E-state index in [4.69, 9.17) is 5.11 Å². The van der Waals surface area contributed by atoms with Crippen molar-refractivity contribution in [2.24, 2.45) is 0 Å². The summed E-state index contributed by atoms with van der Waals surface area (Å²) in [6.07, 6.45) is 7.32. The van der Waals surface area contributed by atoms with Crippen LogP contribution in [0.2, 0.25) is 0 Å². The molecule has 2 rings (SSSR count). The van der Waals surface area contributed by atoms with E-state index in [-0.39, 0.29) is 0 Å². The second kappa shape index (κ2) is 6.36. The molecule has 2 N–H and O–H groups in total. The van der Waals surface area contributed by atoms with Crippen LogP contribution in [0.15, 0.2) is 35.9 Å².